The van der Waals surface area contributed by atoms with E-state index in [1.54, 1.807) is 0 Å². The van der Waals surface area contributed by atoms with Crippen molar-refractivity contribution in [1.82, 2.24) is 4.90 Å². The normalized spacial score (nSPS) is 18.4. The van der Waals surface area contributed by atoms with Crippen LogP contribution in [0.4, 0.5) is 5.69 Å². The summed E-state index contributed by atoms with van der Waals surface area (Å²) >= 11 is 0. The molecule has 0 saturated carbocycles. The number of carbonyl (C=O) groups excluding carboxylic acids is 1. The molecule has 4 rings (SSSR count). The molecular formula is C28H37N3O. The molecule has 32 heavy (non-hydrogen) atoms. The first-order valence-corrected chi connectivity index (χ1v) is 12.4. The van der Waals surface area contributed by atoms with Crippen LogP contribution >= 0.6 is 0 Å². The summed E-state index contributed by atoms with van der Waals surface area (Å²) in [5.41, 5.74) is 3.77. The first-order chi connectivity index (χ1) is 15.7. The molecule has 0 unspecified atom stereocenters. The van der Waals surface area contributed by atoms with Crippen LogP contribution in [0.1, 0.15) is 69.4 Å². The predicted molar refractivity (Wildman–Crippen MR) is 133 cm³/mol. The number of hydrogen-bond donors (Lipinski definition) is 1. The number of hydrogen-bond acceptors (Lipinski definition) is 2. The number of rotatable bonds is 8. The summed E-state index contributed by atoms with van der Waals surface area (Å²) in [4.78, 5) is 19.9. The van der Waals surface area contributed by atoms with Crippen LogP contribution in [-0.2, 0) is 17.8 Å². The molecule has 0 atom stereocenters. The van der Waals surface area contributed by atoms with E-state index >= 15 is 0 Å². The average molecular weight is 432 g/mol. The van der Waals surface area contributed by atoms with E-state index in [0.717, 1.165) is 44.6 Å². The highest BCUT2D eigenvalue weighted by Gasteiger charge is 2.43. The monoisotopic (exact) mass is 431 g/mol. The van der Waals surface area contributed by atoms with Gasteiger partial charge in [-0.2, -0.15) is 0 Å². The van der Waals surface area contributed by atoms with E-state index in [1.807, 2.05) is 6.07 Å². The number of unbranched alkanes of at least 4 members (excludes halogenated alkanes) is 4. The fourth-order valence-electron chi connectivity index (χ4n) is 5.10. The molecule has 170 valence electrons. The Morgan fingerprint density at radius 2 is 1.69 bits per heavy atom. The number of nitrogens with one attached hydrogen (secondary N) is 1. The predicted octanol–water partition coefficient (Wildman–Crippen LogP) is 6.22. The summed E-state index contributed by atoms with van der Waals surface area (Å²) in [6, 6.07) is 19.0. The highest BCUT2D eigenvalue weighted by molar-refractivity contribution is 6.02. The molecule has 2 heterocycles. The molecule has 2 aromatic rings. The molecule has 0 aromatic heterocycles. The number of anilines is 1. The fraction of sp³-hybridized carbons (Fsp3) is 0.500. The summed E-state index contributed by atoms with van der Waals surface area (Å²) in [7, 11) is 0. The number of piperidine rings is 1. The van der Waals surface area contributed by atoms with Crippen LogP contribution in [0.15, 0.2) is 59.6 Å². The topological polar surface area (TPSA) is 44.7 Å². The van der Waals surface area contributed by atoms with Crippen molar-refractivity contribution < 1.29 is 4.79 Å². The number of amidine groups is 1. The van der Waals surface area contributed by atoms with E-state index in [2.05, 4.69) is 65.7 Å². The highest BCUT2D eigenvalue weighted by Crippen LogP contribution is 2.42. The first kappa shape index (κ1) is 22.6. The van der Waals surface area contributed by atoms with Gasteiger partial charge in [-0.1, -0.05) is 81.1 Å². The van der Waals surface area contributed by atoms with Crippen molar-refractivity contribution in [3.05, 3.63) is 65.7 Å². The van der Waals surface area contributed by atoms with E-state index in [9.17, 15) is 4.79 Å². The number of carbonyl (C=O) groups is 1. The number of amides is 1. The third-order valence-corrected chi connectivity index (χ3v) is 7.13. The van der Waals surface area contributed by atoms with E-state index < -0.39 is 0 Å². The fourth-order valence-corrected chi connectivity index (χ4v) is 5.10. The lowest BCUT2D eigenvalue weighted by atomic mass is 9.70. The second-order valence-electron chi connectivity index (χ2n) is 9.43. The summed E-state index contributed by atoms with van der Waals surface area (Å²) in [6.07, 6.45) is 9.63. The minimum atomic E-state index is 0.00103. The third-order valence-electron chi connectivity index (χ3n) is 7.13. The maximum absolute atomic E-state index is 12.8. The van der Waals surface area contributed by atoms with Crippen LogP contribution in [-0.4, -0.2) is 29.7 Å². The van der Waals surface area contributed by atoms with E-state index in [1.165, 1.54) is 42.5 Å². The van der Waals surface area contributed by atoms with Gasteiger partial charge in [0.05, 0.1) is 6.54 Å². The van der Waals surface area contributed by atoms with Crippen molar-refractivity contribution in [3.8, 4) is 0 Å². The molecule has 2 aliphatic heterocycles. The smallest absolute Gasteiger partial charge is 0.222 e. The molecule has 0 bridgehead atoms. The zero-order valence-corrected chi connectivity index (χ0v) is 19.5. The molecule has 1 amide bonds. The van der Waals surface area contributed by atoms with Crippen molar-refractivity contribution in [1.29, 1.82) is 0 Å². The van der Waals surface area contributed by atoms with Gasteiger partial charge in [0.15, 0.2) is 0 Å². The number of nitrogens with zero attached hydrogens (tertiary/aromatic N) is 2. The molecule has 1 saturated heterocycles. The number of fused-ring (bicyclic) bond motifs is 1. The molecular weight excluding hydrogens is 394 g/mol. The van der Waals surface area contributed by atoms with Crippen molar-refractivity contribution in [2.45, 2.75) is 71.3 Å². The lowest BCUT2D eigenvalue weighted by Crippen LogP contribution is -2.51. The second-order valence-corrected chi connectivity index (χ2v) is 9.43. The largest absolute Gasteiger partial charge is 0.343 e. The number of benzene rings is 2. The lowest BCUT2D eigenvalue weighted by molar-refractivity contribution is -0.133. The zero-order valence-electron chi connectivity index (χ0n) is 19.5. The van der Waals surface area contributed by atoms with Gasteiger partial charge in [0.2, 0.25) is 5.91 Å². The van der Waals surface area contributed by atoms with Gasteiger partial charge in [0.25, 0.3) is 0 Å². The summed E-state index contributed by atoms with van der Waals surface area (Å²) in [5, 5.41) is 3.67. The number of para-hydroxylation sites is 1. The van der Waals surface area contributed by atoms with E-state index in [4.69, 9.17) is 4.99 Å². The quantitative estimate of drug-likeness (QED) is 0.504. The molecule has 4 heteroatoms. The Labute approximate surface area is 193 Å². The van der Waals surface area contributed by atoms with Gasteiger partial charge in [0.1, 0.15) is 5.84 Å². The Morgan fingerprint density at radius 1 is 0.969 bits per heavy atom. The summed E-state index contributed by atoms with van der Waals surface area (Å²) < 4.78 is 0. The van der Waals surface area contributed by atoms with E-state index in [-0.39, 0.29) is 5.41 Å². The van der Waals surface area contributed by atoms with Gasteiger partial charge in [-0.25, -0.2) is 0 Å². The minimum absolute atomic E-state index is 0.00103. The van der Waals surface area contributed by atoms with Gasteiger partial charge in [0, 0.05) is 30.6 Å². The maximum atomic E-state index is 12.8. The van der Waals surface area contributed by atoms with Crippen molar-refractivity contribution in [3.63, 3.8) is 0 Å². The zero-order chi connectivity index (χ0) is 22.2. The molecule has 2 aromatic carbocycles. The van der Waals surface area contributed by atoms with Crippen LogP contribution in [0.5, 0.6) is 0 Å². The van der Waals surface area contributed by atoms with Crippen molar-refractivity contribution >= 4 is 17.4 Å². The van der Waals surface area contributed by atoms with Crippen LogP contribution in [0, 0.1) is 5.41 Å². The molecule has 0 aliphatic carbocycles. The second kappa shape index (κ2) is 10.8. The van der Waals surface area contributed by atoms with Gasteiger partial charge in [-0.15, -0.1) is 0 Å². The maximum Gasteiger partial charge on any atom is 0.222 e. The molecule has 0 radical (unpaired) electrons. The molecule has 4 nitrogen and oxygen atoms in total. The highest BCUT2D eigenvalue weighted by atomic mass is 16.2. The summed E-state index contributed by atoms with van der Waals surface area (Å²) in [5.74, 6) is 1.44. The van der Waals surface area contributed by atoms with Crippen LogP contribution in [0.2, 0.25) is 0 Å². The van der Waals surface area contributed by atoms with Gasteiger partial charge in [-0.05, 0) is 42.9 Å². The first-order valence-electron chi connectivity index (χ1n) is 12.4. The molecule has 2 aliphatic rings. The molecule has 1 N–H and O–H groups in total. The SMILES string of the molecule is CCCCCCCC(=O)N1CCC2(CC1)Cc1ccccc1NC2=NCc1ccccc1. The molecule has 1 spiro atoms. The number of likely N-dealkylation sites (tertiary alicyclic amines) is 1. The Hall–Kier alpha value is -2.62. The van der Waals surface area contributed by atoms with Gasteiger partial charge >= 0.3 is 0 Å². The average Bonchev–Trinajstić information content (AvgIpc) is 2.83. The Bertz CT molecular complexity index is 913. The number of aliphatic imine (C=N–C) groups is 1. The standard InChI is InChI=1S/C28H37N3O/c1-2-3-4-5-9-16-26(32)31-19-17-28(18-20-31)21-24-14-10-11-15-25(24)30-27(28)29-22-23-12-7-6-8-13-23/h6-8,10-15H,2-5,9,16-22H2,1H3,(H,29,30). The van der Waals surface area contributed by atoms with Crippen molar-refractivity contribution in [2.24, 2.45) is 10.4 Å². The summed E-state index contributed by atoms with van der Waals surface area (Å²) in [6.45, 7) is 4.59. The van der Waals surface area contributed by atoms with Gasteiger partial charge in [-0.3, -0.25) is 9.79 Å². The Kier molecular flexibility index (Phi) is 7.62. The third kappa shape index (κ3) is 5.40. The Balaban J connectivity index is 1.43. The van der Waals surface area contributed by atoms with Crippen molar-refractivity contribution in [2.75, 3.05) is 18.4 Å². The van der Waals surface area contributed by atoms with Crippen LogP contribution in [0.3, 0.4) is 0 Å². The van der Waals surface area contributed by atoms with E-state index in [0.29, 0.717) is 18.9 Å². The minimum Gasteiger partial charge on any atom is -0.343 e. The van der Waals surface area contributed by atoms with Gasteiger partial charge < -0.3 is 10.2 Å². The van der Waals surface area contributed by atoms with Crippen LogP contribution < -0.4 is 5.32 Å². The Morgan fingerprint density at radius 3 is 2.47 bits per heavy atom. The molecule has 1 fully saturated rings. The van der Waals surface area contributed by atoms with Crippen LogP contribution in [0.25, 0.3) is 0 Å². The lowest BCUT2D eigenvalue weighted by Gasteiger charge is -2.45.